The quantitative estimate of drug-likeness (QED) is 0.150. The van der Waals surface area contributed by atoms with Crippen LogP contribution in [0.25, 0.3) is 0 Å². The molecule has 0 bridgehead atoms. The zero-order chi connectivity index (χ0) is 28.9. The summed E-state index contributed by atoms with van der Waals surface area (Å²) in [5, 5.41) is 1.28. The third kappa shape index (κ3) is 6.91. The summed E-state index contributed by atoms with van der Waals surface area (Å²) in [7, 11) is 0.560. The fraction of sp³-hybridized carbons (Fsp3) is 0.324. The van der Waals surface area contributed by atoms with Crippen molar-refractivity contribution in [3.8, 4) is 5.75 Å². The van der Waals surface area contributed by atoms with E-state index in [9.17, 15) is 0 Å². The van der Waals surface area contributed by atoms with E-state index in [-0.39, 0.29) is 10.6 Å². The summed E-state index contributed by atoms with van der Waals surface area (Å²) in [4.78, 5) is 5.00. The molecule has 0 N–H and O–H groups in total. The van der Waals surface area contributed by atoms with Gasteiger partial charge in [-0.1, -0.05) is 128 Å². The highest BCUT2D eigenvalue weighted by molar-refractivity contribution is 7.49. The minimum absolute atomic E-state index is 0.0443. The third-order valence-electron chi connectivity index (χ3n) is 7.69. The van der Waals surface area contributed by atoms with Crippen LogP contribution >= 0.6 is 8.58 Å². The highest BCUT2D eigenvalue weighted by Crippen LogP contribution is 2.51. The number of hydrogen-bond acceptors (Lipinski definition) is 2. The van der Waals surface area contributed by atoms with Crippen molar-refractivity contribution < 1.29 is 4.74 Å². The van der Waals surface area contributed by atoms with Crippen LogP contribution in [-0.4, -0.2) is 5.71 Å². The summed E-state index contributed by atoms with van der Waals surface area (Å²) in [6.07, 6.45) is 1.00. The molecule has 208 valence electrons. The van der Waals surface area contributed by atoms with Gasteiger partial charge in [0.15, 0.2) is 0 Å². The summed E-state index contributed by atoms with van der Waals surface area (Å²) in [5.74, 6) is 1.05. The van der Waals surface area contributed by atoms with E-state index in [0.717, 1.165) is 23.6 Å². The Kier molecular flexibility index (Phi) is 9.32. The molecule has 2 nitrogen and oxygen atoms in total. The Bertz CT molecular complexity index is 1470. The van der Waals surface area contributed by atoms with Crippen LogP contribution < -0.4 is 10.0 Å². The minimum atomic E-state index is -0.105. The van der Waals surface area contributed by atoms with Crippen molar-refractivity contribution in [2.45, 2.75) is 79.0 Å². The van der Waals surface area contributed by atoms with Gasteiger partial charge < -0.3 is 4.74 Å². The predicted molar refractivity (Wildman–Crippen MR) is 176 cm³/mol. The van der Waals surface area contributed by atoms with Gasteiger partial charge in [-0.15, -0.1) is 0 Å². The molecule has 4 aromatic carbocycles. The summed E-state index contributed by atoms with van der Waals surface area (Å²) < 4.78 is 6.79. The summed E-state index contributed by atoms with van der Waals surface area (Å²) in [6, 6.07) is 32.1. The second-order valence-corrected chi connectivity index (χ2v) is 13.9. The van der Waals surface area contributed by atoms with Crippen molar-refractivity contribution in [3.63, 3.8) is 0 Å². The van der Waals surface area contributed by atoms with Crippen molar-refractivity contribution in [3.05, 3.63) is 124 Å². The van der Waals surface area contributed by atoms with Crippen LogP contribution in [0.3, 0.4) is 0 Å². The molecule has 40 heavy (non-hydrogen) atoms. The lowest BCUT2D eigenvalue weighted by Crippen LogP contribution is -2.25. The molecule has 0 saturated heterocycles. The van der Waals surface area contributed by atoms with E-state index >= 15 is 0 Å². The average Bonchev–Trinajstić information content (AvgIpc) is 2.93. The van der Waals surface area contributed by atoms with Crippen molar-refractivity contribution in [1.29, 1.82) is 0 Å². The van der Waals surface area contributed by atoms with Gasteiger partial charge in [0.05, 0.1) is 5.69 Å². The summed E-state index contributed by atoms with van der Waals surface area (Å²) in [6.45, 7) is 18.7. The van der Waals surface area contributed by atoms with Gasteiger partial charge in [-0.2, -0.15) is 0 Å². The van der Waals surface area contributed by atoms with E-state index in [1.165, 1.54) is 38.7 Å². The van der Waals surface area contributed by atoms with E-state index in [1.54, 1.807) is 0 Å². The number of aliphatic imine (C=N–C) groups is 1. The first-order valence-corrected chi connectivity index (χ1v) is 15.3. The van der Waals surface area contributed by atoms with Gasteiger partial charge in [-0.05, 0) is 61.2 Å². The smallest absolute Gasteiger partial charge is 0.127 e. The second-order valence-electron chi connectivity index (χ2n) is 12.1. The monoisotopic (exact) mass is 549 g/mol. The first-order chi connectivity index (χ1) is 19.0. The Morgan fingerprint density at radius 2 is 1.43 bits per heavy atom. The van der Waals surface area contributed by atoms with Gasteiger partial charge in [0.25, 0.3) is 0 Å². The van der Waals surface area contributed by atoms with E-state index in [0.29, 0.717) is 15.2 Å². The number of para-hydroxylation sites is 1. The van der Waals surface area contributed by atoms with Gasteiger partial charge in [0, 0.05) is 27.6 Å². The number of nitrogens with zero attached hydrogens (tertiary/aromatic N) is 1. The fourth-order valence-electron chi connectivity index (χ4n) is 5.14. The minimum Gasteiger partial charge on any atom is -0.488 e. The molecular weight excluding hydrogens is 505 g/mol. The first-order valence-electron chi connectivity index (χ1n) is 14.3. The van der Waals surface area contributed by atoms with Gasteiger partial charge in [-0.3, -0.25) is 4.99 Å². The topological polar surface area (TPSA) is 21.6 Å². The normalized spacial score (nSPS) is 13.9. The van der Waals surface area contributed by atoms with Gasteiger partial charge in [0.1, 0.15) is 12.4 Å². The molecule has 0 amide bonds. The first kappa shape index (κ1) is 29.8. The molecule has 0 heterocycles. The van der Waals surface area contributed by atoms with Crippen molar-refractivity contribution in [2.75, 3.05) is 0 Å². The summed E-state index contributed by atoms with van der Waals surface area (Å²) in [5.41, 5.74) is 9.58. The molecule has 2 atom stereocenters. The molecule has 0 fully saturated rings. The van der Waals surface area contributed by atoms with Crippen LogP contribution in [0.15, 0.2) is 96.0 Å². The van der Waals surface area contributed by atoms with Crippen LogP contribution in [0.4, 0.5) is 5.69 Å². The number of rotatable bonds is 9. The maximum Gasteiger partial charge on any atom is 0.127 e. The fourth-order valence-corrected chi connectivity index (χ4v) is 6.87. The largest absolute Gasteiger partial charge is 0.488 e. The molecule has 0 radical (unpaired) electrons. The zero-order valence-corrected chi connectivity index (χ0v) is 26.4. The molecule has 0 saturated carbocycles. The lowest BCUT2D eigenvalue weighted by molar-refractivity contribution is 0.291. The standard InChI is InChI=1S/C37H44NOP/c1-9-37(8,40-35-27(3)17-16-22-31(35)28(4)38-30-20-14-11-15-21-30)33-24-26(2)23-32(36(5,6)7)34(33)39-25-29-18-12-10-13-19-29/h10-24,40H,9,25H2,1-8H3. The van der Waals surface area contributed by atoms with Crippen molar-refractivity contribution in [1.82, 2.24) is 0 Å². The summed E-state index contributed by atoms with van der Waals surface area (Å²) >= 11 is 0. The lowest BCUT2D eigenvalue weighted by atomic mass is 9.81. The Hall–Kier alpha value is -3.22. The molecular formula is C37H44NOP. The Morgan fingerprint density at radius 3 is 2.05 bits per heavy atom. The SMILES string of the molecule is CCC(C)(Pc1c(C)cccc1C(C)=Nc1ccccc1)c1cc(C)cc(C(C)(C)C)c1OCc1ccccc1. The van der Waals surface area contributed by atoms with Crippen LogP contribution in [0, 0.1) is 13.8 Å². The highest BCUT2D eigenvalue weighted by atomic mass is 31.1. The highest BCUT2D eigenvalue weighted by Gasteiger charge is 2.34. The van der Waals surface area contributed by atoms with Crippen LogP contribution in [0.2, 0.25) is 0 Å². The number of benzene rings is 4. The number of hydrogen-bond donors (Lipinski definition) is 0. The van der Waals surface area contributed by atoms with Crippen molar-refractivity contribution in [2.24, 2.45) is 4.99 Å². The van der Waals surface area contributed by atoms with Gasteiger partial charge in [-0.25, -0.2) is 0 Å². The van der Waals surface area contributed by atoms with E-state index in [4.69, 9.17) is 9.73 Å². The maximum absolute atomic E-state index is 6.79. The molecule has 0 aliphatic rings. The molecule has 4 aromatic rings. The van der Waals surface area contributed by atoms with Gasteiger partial charge >= 0.3 is 0 Å². The number of aryl methyl sites for hydroxylation is 2. The Morgan fingerprint density at radius 1 is 0.800 bits per heavy atom. The van der Waals surface area contributed by atoms with E-state index in [1.807, 2.05) is 18.2 Å². The van der Waals surface area contributed by atoms with Crippen LogP contribution in [-0.2, 0) is 17.2 Å². The Labute approximate surface area is 243 Å². The molecule has 0 aromatic heterocycles. The molecule has 4 rings (SSSR count). The van der Waals surface area contributed by atoms with Gasteiger partial charge in [0.2, 0.25) is 0 Å². The molecule has 0 aliphatic heterocycles. The molecule has 2 unspecified atom stereocenters. The third-order valence-corrected chi connectivity index (χ3v) is 9.77. The molecule has 3 heteroatoms. The van der Waals surface area contributed by atoms with Crippen LogP contribution in [0.5, 0.6) is 5.75 Å². The predicted octanol–water partition coefficient (Wildman–Crippen LogP) is 9.95. The van der Waals surface area contributed by atoms with E-state index < -0.39 is 0 Å². The van der Waals surface area contributed by atoms with Crippen molar-refractivity contribution >= 4 is 25.3 Å². The second kappa shape index (κ2) is 12.5. The number of ether oxygens (including phenoxy) is 1. The lowest BCUT2D eigenvalue weighted by Gasteiger charge is -2.35. The molecule has 0 aliphatic carbocycles. The van der Waals surface area contributed by atoms with E-state index in [2.05, 4.69) is 128 Å². The average molecular weight is 550 g/mol. The Balaban J connectivity index is 1.83. The maximum atomic E-state index is 6.79. The van der Waals surface area contributed by atoms with Crippen LogP contribution in [0.1, 0.15) is 81.3 Å². The zero-order valence-electron chi connectivity index (χ0n) is 25.4. The molecule has 0 spiro atoms.